The summed E-state index contributed by atoms with van der Waals surface area (Å²) in [5.41, 5.74) is 2.21. The predicted molar refractivity (Wildman–Crippen MR) is 150 cm³/mol. The molecule has 1 aliphatic heterocycles. The number of likely N-dealkylation sites (tertiary alicyclic amines) is 1. The van der Waals surface area contributed by atoms with Crippen molar-refractivity contribution in [1.29, 1.82) is 0 Å². The lowest BCUT2D eigenvalue weighted by atomic mass is 9.92. The summed E-state index contributed by atoms with van der Waals surface area (Å²) in [6.07, 6.45) is 5.17. The number of rotatable bonds is 9. The molecule has 4 heterocycles. The van der Waals surface area contributed by atoms with Gasteiger partial charge in [-0.3, -0.25) is 14.7 Å². The number of ether oxygens (including phenoxy) is 2. The third-order valence-electron chi connectivity index (χ3n) is 7.53. The second-order valence-corrected chi connectivity index (χ2v) is 9.92. The number of amides is 1. The van der Waals surface area contributed by atoms with Crippen LogP contribution in [-0.2, 0) is 6.42 Å². The molecule has 3 N–H and O–H groups in total. The largest absolute Gasteiger partial charge is 0.506 e. The van der Waals surface area contributed by atoms with Crippen molar-refractivity contribution < 1.29 is 23.8 Å². The standard InChI is InChI=1S/C30H34N4O6/c1-4-5-8-19-25(26-23(38-2)9-6-10-24(26)39-3)28(35)27(29(36)31-19)30(37)34-14-12-18(13-15-34)20-17-21(33-32-20)22-11-7-16-40-22/h6-7,9-11,16-18H,4-5,8,12-15H2,1-3H3,(H,32,33)(H2,31,35,36). The van der Waals surface area contributed by atoms with Gasteiger partial charge in [0.2, 0.25) is 0 Å². The van der Waals surface area contributed by atoms with E-state index in [1.165, 1.54) is 14.2 Å². The number of H-pyrrole nitrogens is 2. The lowest BCUT2D eigenvalue weighted by molar-refractivity contribution is 0.0707. The Hall–Kier alpha value is -4.47. The second kappa shape index (κ2) is 11.7. The molecule has 1 aliphatic rings. The van der Waals surface area contributed by atoms with E-state index in [0.29, 0.717) is 66.4 Å². The molecule has 3 aromatic heterocycles. The molecule has 5 rings (SSSR count). The Morgan fingerprint density at radius 1 is 1.12 bits per heavy atom. The summed E-state index contributed by atoms with van der Waals surface area (Å²) in [4.78, 5) is 31.5. The van der Waals surface area contributed by atoms with Crippen LogP contribution in [0.25, 0.3) is 22.6 Å². The summed E-state index contributed by atoms with van der Waals surface area (Å²) >= 11 is 0. The molecule has 1 fully saturated rings. The Labute approximate surface area is 231 Å². The highest BCUT2D eigenvalue weighted by Gasteiger charge is 2.32. The van der Waals surface area contributed by atoms with Gasteiger partial charge in [-0.15, -0.1) is 0 Å². The van der Waals surface area contributed by atoms with Crippen molar-refractivity contribution in [3.63, 3.8) is 0 Å². The van der Waals surface area contributed by atoms with Gasteiger partial charge in [-0.2, -0.15) is 5.10 Å². The molecule has 1 aromatic carbocycles. The number of benzene rings is 1. The van der Waals surface area contributed by atoms with E-state index < -0.39 is 11.5 Å². The second-order valence-electron chi connectivity index (χ2n) is 9.92. The van der Waals surface area contributed by atoms with E-state index in [9.17, 15) is 14.7 Å². The summed E-state index contributed by atoms with van der Waals surface area (Å²) in [6, 6.07) is 10.9. The van der Waals surface area contributed by atoms with Crippen molar-refractivity contribution in [2.75, 3.05) is 27.3 Å². The average Bonchev–Trinajstić information content (AvgIpc) is 3.68. The number of aryl methyl sites for hydroxylation is 1. The summed E-state index contributed by atoms with van der Waals surface area (Å²) in [5, 5.41) is 19.0. The molecular formula is C30H34N4O6. The third kappa shape index (κ3) is 5.09. The minimum Gasteiger partial charge on any atom is -0.506 e. The number of pyridine rings is 1. The highest BCUT2D eigenvalue weighted by molar-refractivity contribution is 6.00. The molecule has 0 aliphatic carbocycles. The first kappa shape index (κ1) is 27.1. The molecule has 210 valence electrons. The number of carbonyl (C=O) groups is 1. The first-order valence-electron chi connectivity index (χ1n) is 13.5. The van der Waals surface area contributed by atoms with Crippen LogP contribution < -0.4 is 15.0 Å². The first-order chi connectivity index (χ1) is 19.5. The van der Waals surface area contributed by atoms with E-state index in [2.05, 4.69) is 15.2 Å². The summed E-state index contributed by atoms with van der Waals surface area (Å²) in [6.45, 7) is 2.91. The smallest absolute Gasteiger partial charge is 0.264 e. The maximum atomic E-state index is 13.7. The molecule has 0 atom stereocenters. The van der Waals surface area contributed by atoms with E-state index in [4.69, 9.17) is 13.9 Å². The Morgan fingerprint density at radius 3 is 2.48 bits per heavy atom. The van der Waals surface area contributed by atoms with E-state index in [1.54, 1.807) is 29.4 Å². The van der Waals surface area contributed by atoms with Crippen molar-refractivity contribution >= 4 is 5.91 Å². The van der Waals surface area contributed by atoms with Gasteiger partial charge >= 0.3 is 0 Å². The van der Waals surface area contributed by atoms with E-state index in [0.717, 1.165) is 24.2 Å². The zero-order chi connectivity index (χ0) is 28.2. The topological polar surface area (TPSA) is 134 Å². The van der Waals surface area contributed by atoms with Crippen LogP contribution in [0.3, 0.4) is 0 Å². The number of carbonyl (C=O) groups excluding carboxylic acids is 1. The molecule has 0 spiro atoms. The van der Waals surface area contributed by atoms with Gasteiger partial charge in [-0.25, -0.2) is 0 Å². The molecule has 1 amide bonds. The number of methoxy groups -OCH3 is 2. The van der Waals surface area contributed by atoms with Gasteiger partial charge in [-0.1, -0.05) is 19.4 Å². The first-order valence-corrected chi connectivity index (χ1v) is 13.5. The number of aromatic nitrogens is 3. The molecular weight excluding hydrogens is 512 g/mol. The van der Waals surface area contributed by atoms with Gasteiger partial charge < -0.3 is 28.9 Å². The fourth-order valence-corrected chi connectivity index (χ4v) is 5.39. The molecule has 1 saturated heterocycles. The molecule has 40 heavy (non-hydrogen) atoms. The van der Waals surface area contributed by atoms with E-state index in [1.807, 2.05) is 25.1 Å². The molecule has 0 unspecified atom stereocenters. The van der Waals surface area contributed by atoms with Crippen molar-refractivity contribution in [3.05, 3.63) is 70.0 Å². The monoisotopic (exact) mass is 546 g/mol. The number of nitrogens with one attached hydrogen (secondary N) is 2. The number of nitrogens with zero attached hydrogens (tertiary/aromatic N) is 2. The van der Waals surface area contributed by atoms with Gasteiger partial charge in [0.05, 0.1) is 31.6 Å². The Balaban J connectivity index is 1.44. The summed E-state index contributed by atoms with van der Waals surface area (Å²) in [7, 11) is 3.06. The number of aromatic amines is 2. The van der Waals surface area contributed by atoms with Crippen molar-refractivity contribution in [2.24, 2.45) is 0 Å². The number of aromatic hydroxyl groups is 1. The van der Waals surface area contributed by atoms with Crippen LogP contribution in [0.5, 0.6) is 17.2 Å². The van der Waals surface area contributed by atoms with E-state index in [-0.39, 0.29) is 17.2 Å². The van der Waals surface area contributed by atoms with Crippen molar-refractivity contribution in [2.45, 2.75) is 44.9 Å². The van der Waals surface area contributed by atoms with E-state index >= 15 is 0 Å². The molecule has 0 saturated carbocycles. The highest BCUT2D eigenvalue weighted by atomic mass is 16.5. The normalized spacial score (nSPS) is 13.9. The maximum Gasteiger partial charge on any atom is 0.264 e. The number of hydrogen-bond donors (Lipinski definition) is 3. The SMILES string of the molecule is CCCCc1[nH]c(=O)c(C(=O)N2CCC(c3cc(-c4ccco4)n[nH]3)CC2)c(O)c1-c1c(OC)cccc1OC. The van der Waals surface area contributed by atoms with Gasteiger partial charge in [0, 0.05) is 30.4 Å². The Bertz CT molecular complexity index is 1510. The Morgan fingerprint density at radius 2 is 1.85 bits per heavy atom. The zero-order valence-corrected chi connectivity index (χ0v) is 23.0. The average molecular weight is 547 g/mol. The number of furan rings is 1. The fraction of sp³-hybridized carbons (Fsp3) is 0.367. The van der Waals surface area contributed by atoms with Gasteiger partial charge in [0.1, 0.15) is 28.5 Å². The summed E-state index contributed by atoms with van der Waals surface area (Å²) < 4.78 is 16.6. The minimum atomic E-state index is -0.606. The lowest BCUT2D eigenvalue weighted by Gasteiger charge is -2.31. The van der Waals surface area contributed by atoms with Crippen molar-refractivity contribution in [3.8, 4) is 39.8 Å². The minimum absolute atomic E-state index is 0.178. The number of hydrogen-bond acceptors (Lipinski definition) is 7. The number of unbranched alkanes of at least 4 members (excludes halogenated alkanes) is 1. The quantitative estimate of drug-likeness (QED) is 0.266. The van der Waals surface area contributed by atoms with Crippen LogP contribution in [0.4, 0.5) is 0 Å². The van der Waals surface area contributed by atoms with Gasteiger partial charge in [-0.05, 0) is 56.0 Å². The third-order valence-corrected chi connectivity index (χ3v) is 7.53. The molecule has 10 heteroatoms. The van der Waals surface area contributed by atoms with Crippen LogP contribution >= 0.6 is 0 Å². The number of piperidine rings is 1. The predicted octanol–water partition coefficient (Wildman–Crippen LogP) is 5.11. The molecule has 4 aromatic rings. The highest BCUT2D eigenvalue weighted by Crippen LogP contribution is 2.45. The fourth-order valence-electron chi connectivity index (χ4n) is 5.39. The van der Waals surface area contributed by atoms with Crippen LogP contribution in [-0.4, -0.2) is 58.4 Å². The lowest BCUT2D eigenvalue weighted by Crippen LogP contribution is -2.40. The molecule has 0 radical (unpaired) electrons. The molecule has 0 bridgehead atoms. The van der Waals surface area contributed by atoms with Gasteiger partial charge in [0.25, 0.3) is 11.5 Å². The summed E-state index contributed by atoms with van der Waals surface area (Å²) in [5.74, 6) is 0.933. The molecule has 10 nitrogen and oxygen atoms in total. The Kier molecular flexibility index (Phi) is 7.95. The zero-order valence-electron chi connectivity index (χ0n) is 23.0. The van der Waals surface area contributed by atoms with Crippen LogP contribution in [0.1, 0.15) is 60.3 Å². The van der Waals surface area contributed by atoms with Crippen LogP contribution in [0.2, 0.25) is 0 Å². The van der Waals surface area contributed by atoms with Gasteiger partial charge in [0.15, 0.2) is 5.76 Å². The van der Waals surface area contributed by atoms with Crippen molar-refractivity contribution in [1.82, 2.24) is 20.1 Å². The van der Waals surface area contributed by atoms with Crippen LogP contribution in [0.15, 0.2) is 51.9 Å². The van der Waals surface area contributed by atoms with Crippen LogP contribution in [0, 0.1) is 0 Å². The maximum absolute atomic E-state index is 13.7.